The first-order valence-corrected chi connectivity index (χ1v) is 10.4. The quantitative estimate of drug-likeness (QED) is 0.426. The minimum atomic E-state index is 0.579. The van der Waals surface area contributed by atoms with Gasteiger partial charge in [-0.3, -0.25) is 10.1 Å². The zero-order valence-corrected chi connectivity index (χ0v) is 17.1. The van der Waals surface area contributed by atoms with Crippen LogP contribution >= 0.6 is 0 Å². The summed E-state index contributed by atoms with van der Waals surface area (Å²) in [5.74, 6) is 1.99. The van der Waals surface area contributed by atoms with Gasteiger partial charge in [-0.2, -0.15) is 10.1 Å². The van der Waals surface area contributed by atoms with Crippen LogP contribution in [0, 0.1) is 0 Å². The highest BCUT2D eigenvalue weighted by molar-refractivity contribution is 5.89. The van der Waals surface area contributed by atoms with E-state index in [1.165, 1.54) is 23.8 Å². The summed E-state index contributed by atoms with van der Waals surface area (Å²) in [6.07, 6.45) is 6.15. The Balaban J connectivity index is 1.31. The highest BCUT2D eigenvalue weighted by Crippen LogP contribution is 2.47. The molecular formula is C24H21N7. The van der Waals surface area contributed by atoms with E-state index in [0.717, 1.165) is 28.0 Å². The van der Waals surface area contributed by atoms with Crippen LogP contribution in [0.3, 0.4) is 0 Å². The average molecular weight is 407 g/mol. The SMILES string of the molecule is Cn1nc(-c2ccc(-c3ccccn3)cc2)nc1Nc1ccc2[nH]ncc2c1C1CC1. The molecule has 1 fully saturated rings. The maximum Gasteiger partial charge on any atom is 0.225 e. The van der Waals surface area contributed by atoms with E-state index in [2.05, 4.69) is 49.9 Å². The van der Waals surface area contributed by atoms with Crippen molar-refractivity contribution in [3.8, 4) is 22.6 Å². The summed E-state index contributed by atoms with van der Waals surface area (Å²) >= 11 is 0. The normalized spacial score (nSPS) is 13.6. The summed E-state index contributed by atoms with van der Waals surface area (Å²) in [5.41, 5.74) is 6.45. The lowest BCUT2D eigenvalue weighted by atomic mass is 10.0. The summed E-state index contributed by atoms with van der Waals surface area (Å²) in [7, 11) is 1.91. The molecule has 0 atom stereocenters. The van der Waals surface area contributed by atoms with Crippen LogP contribution < -0.4 is 5.32 Å². The van der Waals surface area contributed by atoms with Crippen LogP contribution in [0.25, 0.3) is 33.5 Å². The van der Waals surface area contributed by atoms with Crippen molar-refractivity contribution in [2.24, 2.45) is 7.05 Å². The number of rotatable bonds is 5. The molecule has 0 aliphatic heterocycles. The molecule has 0 amide bonds. The van der Waals surface area contributed by atoms with Crippen molar-refractivity contribution in [2.75, 3.05) is 5.32 Å². The molecule has 0 spiro atoms. The molecule has 2 N–H and O–H groups in total. The van der Waals surface area contributed by atoms with Crippen molar-refractivity contribution in [2.45, 2.75) is 18.8 Å². The zero-order chi connectivity index (χ0) is 20.8. The Morgan fingerprint density at radius 3 is 2.61 bits per heavy atom. The molecule has 0 radical (unpaired) electrons. The Kier molecular flexibility index (Phi) is 4.06. The number of aromatic amines is 1. The number of hydrogen-bond donors (Lipinski definition) is 2. The minimum absolute atomic E-state index is 0.579. The highest BCUT2D eigenvalue weighted by atomic mass is 15.4. The molecule has 3 aromatic heterocycles. The predicted molar refractivity (Wildman–Crippen MR) is 121 cm³/mol. The molecule has 152 valence electrons. The van der Waals surface area contributed by atoms with Gasteiger partial charge in [-0.1, -0.05) is 30.3 Å². The van der Waals surface area contributed by atoms with Gasteiger partial charge >= 0.3 is 0 Å². The van der Waals surface area contributed by atoms with Crippen molar-refractivity contribution in [3.05, 3.63) is 72.6 Å². The molecule has 0 bridgehead atoms. The Hall–Kier alpha value is -4.00. The fourth-order valence-corrected chi connectivity index (χ4v) is 4.02. The predicted octanol–water partition coefficient (Wildman–Crippen LogP) is 5.04. The summed E-state index contributed by atoms with van der Waals surface area (Å²) < 4.78 is 1.79. The largest absolute Gasteiger partial charge is 0.324 e. The first kappa shape index (κ1) is 17.8. The van der Waals surface area contributed by atoms with Gasteiger partial charge in [0, 0.05) is 35.4 Å². The number of nitrogens with zero attached hydrogens (tertiary/aromatic N) is 5. The summed E-state index contributed by atoms with van der Waals surface area (Å²) in [6.45, 7) is 0. The number of pyridine rings is 1. The molecule has 5 aromatic rings. The van der Waals surface area contributed by atoms with Crippen molar-refractivity contribution >= 4 is 22.5 Å². The molecule has 7 heteroatoms. The lowest BCUT2D eigenvalue weighted by molar-refractivity contribution is 0.778. The van der Waals surface area contributed by atoms with Gasteiger partial charge in [0.1, 0.15) is 0 Å². The van der Waals surface area contributed by atoms with Gasteiger partial charge in [0.05, 0.1) is 17.4 Å². The topological polar surface area (TPSA) is 84.3 Å². The maximum atomic E-state index is 4.77. The number of hydrogen-bond acceptors (Lipinski definition) is 5. The van der Waals surface area contributed by atoms with E-state index >= 15 is 0 Å². The van der Waals surface area contributed by atoms with Gasteiger partial charge in [0.15, 0.2) is 5.82 Å². The summed E-state index contributed by atoms with van der Waals surface area (Å²) in [6, 6.07) is 18.3. The lowest BCUT2D eigenvalue weighted by Gasteiger charge is -2.11. The van der Waals surface area contributed by atoms with Crippen molar-refractivity contribution in [1.29, 1.82) is 0 Å². The van der Waals surface area contributed by atoms with Gasteiger partial charge in [-0.15, -0.1) is 5.10 Å². The van der Waals surface area contributed by atoms with E-state index in [1.54, 1.807) is 10.9 Å². The van der Waals surface area contributed by atoms with Gasteiger partial charge in [0.25, 0.3) is 0 Å². The molecule has 0 unspecified atom stereocenters. The van der Waals surface area contributed by atoms with Crippen LogP contribution in [-0.2, 0) is 7.05 Å². The third-order valence-corrected chi connectivity index (χ3v) is 5.76. The molecule has 1 saturated carbocycles. The van der Waals surface area contributed by atoms with Crippen LogP contribution in [-0.4, -0.2) is 29.9 Å². The van der Waals surface area contributed by atoms with Crippen LogP contribution in [0.5, 0.6) is 0 Å². The number of anilines is 2. The third-order valence-electron chi connectivity index (χ3n) is 5.76. The second-order valence-corrected chi connectivity index (χ2v) is 7.93. The smallest absolute Gasteiger partial charge is 0.225 e. The Morgan fingerprint density at radius 1 is 1.00 bits per heavy atom. The summed E-state index contributed by atoms with van der Waals surface area (Å²) in [4.78, 5) is 9.18. The number of H-pyrrole nitrogens is 1. The number of nitrogens with one attached hydrogen (secondary N) is 2. The second-order valence-electron chi connectivity index (χ2n) is 7.93. The molecule has 1 aliphatic carbocycles. The third kappa shape index (κ3) is 3.24. The van der Waals surface area contributed by atoms with Crippen LogP contribution in [0.2, 0.25) is 0 Å². The lowest BCUT2D eigenvalue weighted by Crippen LogP contribution is -2.02. The van der Waals surface area contributed by atoms with Gasteiger partial charge in [-0.05, 0) is 48.6 Å². The van der Waals surface area contributed by atoms with E-state index < -0.39 is 0 Å². The Morgan fingerprint density at radius 2 is 1.84 bits per heavy atom. The molecule has 7 nitrogen and oxygen atoms in total. The fourth-order valence-electron chi connectivity index (χ4n) is 4.02. The van der Waals surface area contributed by atoms with E-state index in [-0.39, 0.29) is 0 Å². The summed E-state index contributed by atoms with van der Waals surface area (Å²) in [5, 5.41) is 16.6. The van der Waals surface area contributed by atoms with Crippen LogP contribution in [0.4, 0.5) is 11.6 Å². The molecule has 2 aromatic carbocycles. The van der Waals surface area contributed by atoms with Crippen LogP contribution in [0.15, 0.2) is 67.0 Å². The van der Waals surface area contributed by atoms with E-state index in [9.17, 15) is 0 Å². The molecule has 1 aliphatic rings. The van der Waals surface area contributed by atoms with Crippen molar-refractivity contribution in [1.82, 2.24) is 29.9 Å². The van der Waals surface area contributed by atoms with Crippen molar-refractivity contribution < 1.29 is 0 Å². The number of fused-ring (bicyclic) bond motifs is 1. The van der Waals surface area contributed by atoms with E-state index in [1.807, 2.05) is 43.6 Å². The van der Waals surface area contributed by atoms with Gasteiger partial charge in [-0.25, -0.2) is 4.68 Å². The van der Waals surface area contributed by atoms with Crippen molar-refractivity contribution in [3.63, 3.8) is 0 Å². The zero-order valence-electron chi connectivity index (χ0n) is 17.1. The second kappa shape index (κ2) is 7.05. The molecule has 31 heavy (non-hydrogen) atoms. The van der Waals surface area contributed by atoms with Gasteiger partial charge in [0.2, 0.25) is 5.95 Å². The number of aryl methyl sites for hydroxylation is 1. The number of aromatic nitrogens is 6. The molecule has 6 rings (SSSR count). The maximum absolute atomic E-state index is 4.77. The molecule has 3 heterocycles. The first-order valence-electron chi connectivity index (χ1n) is 10.4. The highest BCUT2D eigenvalue weighted by Gasteiger charge is 2.29. The average Bonchev–Trinajstić information content (AvgIpc) is 3.42. The van der Waals surface area contributed by atoms with Crippen LogP contribution in [0.1, 0.15) is 24.3 Å². The van der Waals surface area contributed by atoms with E-state index in [0.29, 0.717) is 17.7 Å². The standard InChI is InChI=1S/C24H21N7/c1-31-24(27-21-12-11-20-18(14-26-29-20)22(21)16-7-8-16)28-23(30-31)17-9-5-15(6-10-17)19-4-2-3-13-25-19/h2-6,9-14,16H,7-8H2,1H3,(H,26,29)(H,27,28,30). The van der Waals surface area contributed by atoms with Gasteiger partial charge < -0.3 is 5.32 Å². The number of benzene rings is 2. The first-order chi connectivity index (χ1) is 15.3. The Bertz CT molecular complexity index is 1360. The van der Waals surface area contributed by atoms with E-state index in [4.69, 9.17) is 4.98 Å². The molecular weight excluding hydrogens is 386 g/mol. The minimum Gasteiger partial charge on any atom is -0.324 e. The fraction of sp³-hybridized carbons (Fsp3) is 0.167. The monoisotopic (exact) mass is 407 g/mol. The molecule has 0 saturated heterocycles. The Labute approximate surface area is 179 Å².